The fraction of sp³-hybridized carbons (Fsp3) is 0. The average molecular weight is 683 g/mol. The average Bonchev–Trinajstić information content (AvgIpc) is 3.79. The van der Waals surface area contributed by atoms with Crippen molar-refractivity contribution >= 4 is 75.1 Å². The Kier molecular flexibility index (Phi) is 6.35. The van der Waals surface area contributed by atoms with Gasteiger partial charge in [0.25, 0.3) is 0 Å². The Morgan fingerprint density at radius 3 is 1.85 bits per heavy atom. The van der Waals surface area contributed by atoms with Gasteiger partial charge in [-0.3, -0.25) is 0 Å². The molecule has 0 spiro atoms. The lowest BCUT2D eigenvalue weighted by Gasteiger charge is -2.15. The first-order valence-corrected chi connectivity index (χ1v) is 18.0. The van der Waals surface area contributed by atoms with Crippen molar-refractivity contribution in [2.24, 2.45) is 0 Å². The molecule has 5 nitrogen and oxygen atoms in total. The number of pyridine rings is 1. The molecule has 11 aromatic rings. The Labute approximate surface area is 301 Å². The molecule has 0 amide bonds. The van der Waals surface area contributed by atoms with Gasteiger partial charge in [0.15, 0.2) is 17.5 Å². The molecule has 4 aromatic heterocycles. The van der Waals surface area contributed by atoms with E-state index in [-0.39, 0.29) is 0 Å². The van der Waals surface area contributed by atoms with E-state index < -0.39 is 0 Å². The summed E-state index contributed by atoms with van der Waals surface area (Å²) in [5.74, 6) is 1.73. The Morgan fingerprint density at radius 2 is 1.00 bits per heavy atom. The largest absolute Gasteiger partial charge is 0.456 e. The lowest BCUT2D eigenvalue weighted by Crippen LogP contribution is -2.01. The highest BCUT2D eigenvalue weighted by Crippen LogP contribution is 2.45. The van der Waals surface area contributed by atoms with E-state index in [4.69, 9.17) is 24.4 Å². The zero-order valence-corrected chi connectivity index (χ0v) is 28.4. The molecule has 0 radical (unpaired) electrons. The van der Waals surface area contributed by atoms with Crippen molar-refractivity contribution in [2.75, 3.05) is 0 Å². The van der Waals surface area contributed by atoms with Gasteiger partial charge in [-0.15, -0.1) is 11.3 Å². The number of fused-ring (bicyclic) bond motifs is 10. The Morgan fingerprint density at radius 1 is 0.365 bits per heavy atom. The zero-order valence-electron chi connectivity index (χ0n) is 27.6. The fourth-order valence-electron chi connectivity index (χ4n) is 7.62. The van der Waals surface area contributed by atoms with Crippen LogP contribution in [0.3, 0.4) is 0 Å². The molecule has 0 aliphatic rings. The summed E-state index contributed by atoms with van der Waals surface area (Å²) >= 11 is 1.83. The third-order valence-corrected chi connectivity index (χ3v) is 11.1. The zero-order chi connectivity index (χ0) is 34.2. The van der Waals surface area contributed by atoms with Crippen molar-refractivity contribution < 1.29 is 4.42 Å². The van der Waals surface area contributed by atoms with Gasteiger partial charge >= 0.3 is 0 Å². The molecule has 6 heteroatoms. The van der Waals surface area contributed by atoms with Crippen LogP contribution < -0.4 is 0 Å². The van der Waals surface area contributed by atoms with E-state index in [9.17, 15) is 0 Å². The predicted molar refractivity (Wildman–Crippen MR) is 215 cm³/mol. The van der Waals surface area contributed by atoms with Gasteiger partial charge in [-0.25, -0.2) is 19.9 Å². The normalized spacial score (nSPS) is 11.8. The molecule has 0 fully saturated rings. The maximum Gasteiger partial charge on any atom is 0.166 e. The van der Waals surface area contributed by atoms with Crippen LogP contribution in [0.2, 0.25) is 0 Å². The highest BCUT2D eigenvalue weighted by molar-refractivity contribution is 7.26. The smallest absolute Gasteiger partial charge is 0.166 e. The van der Waals surface area contributed by atoms with Gasteiger partial charge in [-0.05, 0) is 30.3 Å². The number of furan rings is 1. The number of thiophene rings is 1. The standard InChI is InChI=1S/C46H26N4OS/c1-3-13-27(14-4-1)42-32-25-26-38-41(30-18-8-10-24-37(30)52-38)40(32)31-19-11-21-34(43(31)47-42)46-49-44(28-15-5-2-6-16-28)48-45(50-46)33-20-12-23-36-39(33)29-17-7-9-22-35(29)51-36/h1-26H. The number of para-hydroxylation sites is 2. The monoisotopic (exact) mass is 682 g/mol. The van der Waals surface area contributed by atoms with Gasteiger partial charge < -0.3 is 4.42 Å². The number of nitrogens with zero attached hydrogens (tertiary/aromatic N) is 4. The minimum absolute atomic E-state index is 0.562. The fourth-order valence-corrected chi connectivity index (χ4v) is 8.74. The second kappa shape index (κ2) is 11.4. The van der Waals surface area contributed by atoms with Gasteiger partial charge in [-0.2, -0.15) is 0 Å². The quantitative estimate of drug-likeness (QED) is 0.173. The summed E-state index contributed by atoms with van der Waals surface area (Å²) in [6.45, 7) is 0. The first-order valence-electron chi connectivity index (χ1n) is 17.2. The van der Waals surface area contributed by atoms with Crippen LogP contribution >= 0.6 is 11.3 Å². The Bertz CT molecular complexity index is 3190. The molecule has 11 rings (SSSR count). The predicted octanol–water partition coefficient (Wildman–Crippen LogP) is 12.5. The summed E-state index contributed by atoms with van der Waals surface area (Å²) in [6.07, 6.45) is 0. The van der Waals surface area contributed by atoms with Crippen molar-refractivity contribution in [1.82, 2.24) is 19.9 Å². The van der Waals surface area contributed by atoms with Crippen molar-refractivity contribution in [3.63, 3.8) is 0 Å². The number of benzene rings is 7. The van der Waals surface area contributed by atoms with Crippen LogP contribution in [0.15, 0.2) is 162 Å². The SMILES string of the molecule is c1ccc(-c2nc(-c3cccc4c3nc(-c3ccccc3)c3ccc5sc6ccccc6c5c34)nc(-c3cccc4oc5ccccc5c34)n2)cc1. The summed E-state index contributed by atoms with van der Waals surface area (Å²) in [5, 5.41) is 7.87. The van der Waals surface area contributed by atoms with Crippen LogP contribution in [0.1, 0.15) is 0 Å². The van der Waals surface area contributed by atoms with Crippen LogP contribution in [0.4, 0.5) is 0 Å². The van der Waals surface area contributed by atoms with Gasteiger partial charge in [0.2, 0.25) is 0 Å². The van der Waals surface area contributed by atoms with E-state index >= 15 is 0 Å². The Balaban J connectivity index is 1.26. The van der Waals surface area contributed by atoms with Crippen LogP contribution in [0, 0.1) is 0 Å². The lowest BCUT2D eigenvalue weighted by molar-refractivity contribution is 0.669. The molecule has 0 aliphatic carbocycles. The summed E-state index contributed by atoms with van der Waals surface area (Å²) in [4.78, 5) is 21.1. The third kappa shape index (κ3) is 4.41. The molecule has 0 bridgehead atoms. The summed E-state index contributed by atoms with van der Waals surface area (Å²) < 4.78 is 8.79. The van der Waals surface area contributed by atoms with Crippen molar-refractivity contribution in [1.29, 1.82) is 0 Å². The van der Waals surface area contributed by atoms with Crippen LogP contribution in [-0.4, -0.2) is 19.9 Å². The van der Waals surface area contributed by atoms with E-state index in [1.54, 1.807) is 0 Å². The summed E-state index contributed by atoms with van der Waals surface area (Å²) in [6, 6.07) is 54.3. The number of rotatable bonds is 4. The van der Waals surface area contributed by atoms with E-state index in [0.717, 1.165) is 66.2 Å². The van der Waals surface area contributed by atoms with Gasteiger partial charge in [-0.1, -0.05) is 127 Å². The number of hydrogen-bond acceptors (Lipinski definition) is 6. The molecule has 0 N–H and O–H groups in total. The first kappa shape index (κ1) is 29.0. The highest BCUT2D eigenvalue weighted by Gasteiger charge is 2.22. The molecule has 0 saturated carbocycles. The first-order chi connectivity index (χ1) is 25.8. The topological polar surface area (TPSA) is 64.7 Å². The van der Waals surface area contributed by atoms with E-state index in [0.29, 0.717) is 17.5 Å². The molecule has 0 unspecified atom stereocenters. The molecule has 0 saturated heterocycles. The molecule has 52 heavy (non-hydrogen) atoms. The minimum Gasteiger partial charge on any atom is -0.456 e. The molecule has 0 aliphatic heterocycles. The minimum atomic E-state index is 0.562. The Hall–Kier alpha value is -6.76. The van der Waals surface area contributed by atoms with Crippen molar-refractivity contribution in [3.05, 3.63) is 158 Å². The van der Waals surface area contributed by atoms with Crippen LogP contribution in [0.25, 0.3) is 109 Å². The third-order valence-electron chi connectivity index (χ3n) is 9.93. The van der Waals surface area contributed by atoms with E-state index in [1.165, 1.54) is 25.6 Å². The van der Waals surface area contributed by atoms with Gasteiger partial charge in [0.05, 0.1) is 11.2 Å². The van der Waals surface area contributed by atoms with Crippen molar-refractivity contribution in [3.8, 4) is 45.4 Å². The molecule has 242 valence electrons. The molecule has 4 heterocycles. The van der Waals surface area contributed by atoms with E-state index in [1.807, 2.05) is 78.1 Å². The maximum atomic E-state index is 6.28. The molecular weight excluding hydrogens is 657 g/mol. The number of aromatic nitrogens is 4. The van der Waals surface area contributed by atoms with Crippen molar-refractivity contribution in [2.45, 2.75) is 0 Å². The lowest BCUT2D eigenvalue weighted by atomic mass is 9.95. The summed E-state index contributed by atoms with van der Waals surface area (Å²) in [5.41, 5.74) is 7.10. The van der Waals surface area contributed by atoms with E-state index in [2.05, 4.69) is 91.0 Å². The van der Waals surface area contributed by atoms with Gasteiger partial charge in [0.1, 0.15) is 11.2 Å². The van der Waals surface area contributed by atoms with Crippen LogP contribution in [0.5, 0.6) is 0 Å². The van der Waals surface area contributed by atoms with Gasteiger partial charge in [0, 0.05) is 69.4 Å². The second-order valence-corrected chi connectivity index (χ2v) is 14.0. The molecular formula is C46H26N4OS. The second-order valence-electron chi connectivity index (χ2n) is 12.9. The molecule has 7 aromatic carbocycles. The summed E-state index contributed by atoms with van der Waals surface area (Å²) in [7, 11) is 0. The van der Waals surface area contributed by atoms with Crippen LogP contribution in [-0.2, 0) is 0 Å². The number of hydrogen-bond donors (Lipinski definition) is 0. The molecule has 0 atom stereocenters. The highest BCUT2D eigenvalue weighted by atomic mass is 32.1. The maximum absolute atomic E-state index is 6.28.